The van der Waals surface area contributed by atoms with Gasteiger partial charge in [-0.25, -0.2) is 0 Å². The number of methoxy groups -OCH3 is 1. The van der Waals surface area contributed by atoms with E-state index in [1.807, 2.05) is 12.1 Å². The first-order valence-corrected chi connectivity index (χ1v) is 6.88. The van der Waals surface area contributed by atoms with Crippen molar-refractivity contribution in [2.24, 2.45) is 5.92 Å². The predicted octanol–water partition coefficient (Wildman–Crippen LogP) is 2.48. The highest BCUT2D eigenvalue weighted by Crippen LogP contribution is 2.36. The van der Waals surface area contributed by atoms with Gasteiger partial charge in [0, 0.05) is 26.0 Å². The molecule has 0 aliphatic heterocycles. The van der Waals surface area contributed by atoms with Crippen molar-refractivity contribution in [1.29, 1.82) is 0 Å². The van der Waals surface area contributed by atoms with Gasteiger partial charge in [0.05, 0.1) is 12.2 Å². The van der Waals surface area contributed by atoms with E-state index in [1.54, 1.807) is 19.5 Å². The number of nitrogen functional groups attached to an aromatic ring is 1. The highest BCUT2D eigenvalue weighted by molar-refractivity contribution is 7.11. The Labute approximate surface area is 117 Å². The van der Waals surface area contributed by atoms with Crippen LogP contribution in [0.1, 0.15) is 6.92 Å². The molecule has 0 saturated heterocycles. The predicted molar refractivity (Wildman–Crippen MR) is 79.3 cm³/mol. The number of pyridine rings is 1. The number of rotatable bonds is 6. The molecule has 2 heterocycles. The molecule has 0 radical (unpaired) electrons. The summed E-state index contributed by atoms with van der Waals surface area (Å²) in [6, 6.07) is 3.87. The van der Waals surface area contributed by atoms with E-state index < -0.39 is 0 Å². The molecular formula is C13H18N4OS. The van der Waals surface area contributed by atoms with Crippen LogP contribution in [0.5, 0.6) is 0 Å². The van der Waals surface area contributed by atoms with Gasteiger partial charge in [0.25, 0.3) is 0 Å². The maximum absolute atomic E-state index is 5.95. The average Bonchev–Trinajstić information content (AvgIpc) is 2.79. The molecule has 0 amide bonds. The second-order valence-corrected chi connectivity index (χ2v) is 5.22. The van der Waals surface area contributed by atoms with E-state index in [-0.39, 0.29) is 0 Å². The Hall–Kier alpha value is -1.66. The van der Waals surface area contributed by atoms with Crippen LogP contribution in [-0.4, -0.2) is 29.6 Å². The molecule has 0 spiro atoms. The Morgan fingerprint density at radius 1 is 1.42 bits per heavy atom. The summed E-state index contributed by atoms with van der Waals surface area (Å²) in [6.45, 7) is 3.69. The van der Waals surface area contributed by atoms with Crippen LogP contribution < -0.4 is 11.1 Å². The van der Waals surface area contributed by atoms with Gasteiger partial charge in [-0.05, 0) is 35.1 Å². The van der Waals surface area contributed by atoms with Gasteiger partial charge in [-0.1, -0.05) is 6.92 Å². The molecule has 5 nitrogen and oxygen atoms in total. The van der Waals surface area contributed by atoms with Crippen LogP contribution >= 0.6 is 11.5 Å². The van der Waals surface area contributed by atoms with Gasteiger partial charge in [0.2, 0.25) is 0 Å². The third-order valence-electron chi connectivity index (χ3n) is 2.75. The zero-order valence-electron chi connectivity index (χ0n) is 11.1. The van der Waals surface area contributed by atoms with Gasteiger partial charge < -0.3 is 15.8 Å². The zero-order chi connectivity index (χ0) is 13.7. The molecular weight excluding hydrogens is 260 g/mol. The molecule has 2 aromatic rings. The largest absolute Gasteiger partial charge is 0.384 e. The zero-order valence-corrected chi connectivity index (χ0v) is 11.9. The summed E-state index contributed by atoms with van der Waals surface area (Å²) in [7, 11) is 1.71. The summed E-state index contributed by atoms with van der Waals surface area (Å²) in [6.07, 6.45) is 3.51. The van der Waals surface area contributed by atoms with Crippen LogP contribution in [0.2, 0.25) is 0 Å². The number of nitrogens with zero attached hydrogens (tertiary/aromatic N) is 2. The monoisotopic (exact) mass is 278 g/mol. The molecule has 19 heavy (non-hydrogen) atoms. The Morgan fingerprint density at radius 2 is 2.16 bits per heavy atom. The van der Waals surface area contributed by atoms with Crippen LogP contribution in [0.3, 0.4) is 0 Å². The summed E-state index contributed by atoms with van der Waals surface area (Å²) in [5, 5.41) is 4.39. The van der Waals surface area contributed by atoms with E-state index >= 15 is 0 Å². The van der Waals surface area contributed by atoms with Crippen LogP contribution in [0.4, 0.5) is 10.8 Å². The molecule has 0 aromatic carbocycles. The van der Waals surface area contributed by atoms with E-state index in [0.717, 1.165) is 29.3 Å². The Bertz CT molecular complexity index is 515. The van der Waals surface area contributed by atoms with Crippen molar-refractivity contribution in [3.63, 3.8) is 0 Å². The van der Waals surface area contributed by atoms with Gasteiger partial charge in [-0.3, -0.25) is 4.98 Å². The first kappa shape index (κ1) is 13.8. The number of nitrogens with two attached hydrogens (primary N) is 1. The molecule has 3 N–H and O–H groups in total. The smallest absolute Gasteiger partial charge is 0.147 e. The summed E-state index contributed by atoms with van der Waals surface area (Å²) < 4.78 is 9.35. The van der Waals surface area contributed by atoms with Gasteiger partial charge in [-0.2, -0.15) is 4.37 Å². The lowest BCUT2D eigenvalue weighted by Crippen LogP contribution is -2.15. The third-order valence-corrected chi connectivity index (χ3v) is 3.57. The van der Waals surface area contributed by atoms with Gasteiger partial charge >= 0.3 is 0 Å². The first-order valence-electron chi connectivity index (χ1n) is 6.10. The van der Waals surface area contributed by atoms with Crippen molar-refractivity contribution in [2.45, 2.75) is 6.92 Å². The molecule has 1 unspecified atom stereocenters. The van der Waals surface area contributed by atoms with Crippen LogP contribution in [-0.2, 0) is 4.74 Å². The summed E-state index contributed by atoms with van der Waals surface area (Å²) in [4.78, 5) is 4.02. The molecule has 0 saturated carbocycles. The second-order valence-electron chi connectivity index (χ2n) is 4.45. The molecule has 1 atom stereocenters. The molecule has 0 aliphatic rings. The average molecular weight is 278 g/mol. The normalized spacial score (nSPS) is 12.3. The summed E-state index contributed by atoms with van der Waals surface area (Å²) >= 11 is 1.38. The number of ether oxygens (including phenoxy) is 1. The van der Waals surface area contributed by atoms with E-state index in [1.165, 1.54) is 11.5 Å². The van der Waals surface area contributed by atoms with E-state index in [4.69, 9.17) is 10.5 Å². The summed E-state index contributed by atoms with van der Waals surface area (Å²) in [5.74, 6) is 0.983. The number of hydrogen-bond acceptors (Lipinski definition) is 6. The van der Waals surface area contributed by atoms with Crippen molar-refractivity contribution < 1.29 is 4.74 Å². The molecule has 0 bridgehead atoms. The first-order chi connectivity index (χ1) is 9.22. The fourth-order valence-corrected chi connectivity index (χ4v) is 2.57. The van der Waals surface area contributed by atoms with Crippen LogP contribution in [0, 0.1) is 5.92 Å². The highest BCUT2D eigenvalue weighted by atomic mass is 32.1. The maximum atomic E-state index is 5.95. The fourth-order valence-electron chi connectivity index (χ4n) is 1.83. The van der Waals surface area contributed by atoms with Crippen molar-refractivity contribution in [3.05, 3.63) is 24.5 Å². The molecule has 0 aliphatic carbocycles. The van der Waals surface area contributed by atoms with Crippen molar-refractivity contribution >= 4 is 22.4 Å². The van der Waals surface area contributed by atoms with Crippen LogP contribution in [0.25, 0.3) is 11.1 Å². The maximum Gasteiger partial charge on any atom is 0.147 e. The van der Waals surface area contributed by atoms with E-state index in [2.05, 4.69) is 21.6 Å². The number of anilines is 2. The topological polar surface area (TPSA) is 73.1 Å². The number of aromatic nitrogens is 2. The lowest BCUT2D eigenvalue weighted by atomic mass is 10.1. The molecule has 2 aromatic heterocycles. The molecule has 2 rings (SSSR count). The van der Waals surface area contributed by atoms with E-state index in [0.29, 0.717) is 11.7 Å². The SMILES string of the molecule is COCC(C)CNc1snc(N)c1-c1ccncc1. The molecule has 6 heteroatoms. The third kappa shape index (κ3) is 3.42. The van der Waals surface area contributed by atoms with Crippen molar-refractivity contribution in [3.8, 4) is 11.1 Å². The number of nitrogens with one attached hydrogen (secondary N) is 1. The lowest BCUT2D eigenvalue weighted by molar-refractivity contribution is 0.164. The van der Waals surface area contributed by atoms with Crippen molar-refractivity contribution in [2.75, 3.05) is 31.3 Å². The Morgan fingerprint density at radius 3 is 2.84 bits per heavy atom. The standard InChI is InChI=1S/C13H18N4OS/c1-9(8-18-2)7-16-13-11(12(14)17-19-13)10-3-5-15-6-4-10/h3-6,9,16H,7-8H2,1-2H3,(H2,14,17). The van der Waals surface area contributed by atoms with Gasteiger partial charge in [0.1, 0.15) is 10.8 Å². The minimum absolute atomic E-state index is 0.429. The molecule has 102 valence electrons. The molecule has 0 fully saturated rings. The Kier molecular flexibility index (Phi) is 4.70. The minimum Gasteiger partial charge on any atom is -0.384 e. The van der Waals surface area contributed by atoms with Crippen molar-refractivity contribution in [1.82, 2.24) is 9.36 Å². The van der Waals surface area contributed by atoms with Gasteiger partial charge in [0.15, 0.2) is 0 Å². The number of hydrogen-bond donors (Lipinski definition) is 2. The van der Waals surface area contributed by atoms with Crippen LogP contribution in [0.15, 0.2) is 24.5 Å². The highest BCUT2D eigenvalue weighted by Gasteiger charge is 2.14. The second kappa shape index (κ2) is 6.49. The van der Waals surface area contributed by atoms with E-state index in [9.17, 15) is 0 Å². The lowest BCUT2D eigenvalue weighted by Gasteiger charge is -2.12. The fraction of sp³-hybridized carbons (Fsp3) is 0.385. The Balaban J connectivity index is 2.14. The minimum atomic E-state index is 0.429. The van der Waals surface area contributed by atoms with Gasteiger partial charge in [-0.15, -0.1) is 0 Å². The quantitative estimate of drug-likeness (QED) is 0.849. The summed E-state index contributed by atoms with van der Waals surface area (Å²) in [5.41, 5.74) is 7.94.